The first kappa shape index (κ1) is 15.6. The topological polar surface area (TPSA) is 98.2 Å². The van der Waals surface area contributed by atoms with E-state index in [0.717, 1.165) is 0 Å². The average molecular weight is 325 g/mol. The van der Waals surface area contributed by atoms with E-state index >= 15 is 0 Å². The van der Waals surface area contributed by atoms with Crippen molar-refractivity contribution in [2.45, 2.75) is 24.8 Å². The number of nitrogens with zero attached hydrogens (tertiary/aromatic N) is 1. The van der Waals surface area contributed by atoms with Crippen molar-refractivity contribution >= 4 is 27.2 Å². The molecule has 0 radical (unpaired) electrons. The number of nitrogens with two attached hydrogens (primary N) is 1. The van der Waals surface area contributed by atoms with E-state index in [9.17, 15) is 8.42 Å². The number of rotatable bonds is 5. The molecule has 2 aromatic rings. The van der Waals surface area contributed by atoms with Crippen LogP contribution in [0.1, 0.15) is 30.2 Å². The molecular weight excluding hydrogens is 310 g/mol. The highest BCUT2D eigenvalue weighted by Gasteiger charge is 2.24. The van der Waals surface area contributed by atoms with E-state index in [-0.39, 0.29) is 15.6 Å². The fourth-order valence-corrected chi connectivity index (χ4v) is 3.44. The third-order valence-corrected chi connectivity index (χ3v) is 4.58. The molecule has 112 valence electrons. The summed E-state index contributed by atoms with van der Waals surface area (Å²) in [5.41, 5.74) is 5.59. The number of hydrogen-bond acceptors (Lipinski definition) is 5. The second-order valence-corrected chi connectivity index (χ2v) is 6.63. The minimum absolute atomic E-state index is 0.0485. The normalized spacial score (nSPS) is 13.0. The van der Waals surface area contributed by atoms with Crippen LogP contribution in [0, 0.1) is 6.92 Å². The van der Waals surface area contributed by atoms with Crippen molar-refractivity contribution in [3.05, 3.63) is 47.7 Å². The summed E-state index contributed by atoms with van der Waals surface area (Å²) < 4.78 is 32.8. The van der Waals surface area contributed by atoms with Crippen LogP contribution >= 0.6 is 12.2 Å². The first-order valence-electron chi connectivity index (χ1n) is 6.15. The fraction of sp³-hybridized carbons (Fsp3) is 0.231. The third-order valence-electron chi connectivity index (χ3n) is 2.81. The molecule has 2 aromatic heterocycles. The zero-order valence-electron chi connectivity index (χ0n) is 11.5. The van der Waals surface area contributed by atoms with Gasteiger partial charge in [-0.25, -0.2) is 13.1 Å². The summed E-state index contributed by atoms with van der Waals surface area (Å²) in [6.45, 7) is 3.48. The van der Waals surface area contributed by atoms with Gasteiger partial charge in [-0.15, -0.1) is 0 Å². The molecule has 0 aromatic carbocycles. The molecule has 0 saturated heterocycles. The second-order valence-electron chi connectivity index (χ2n) is 4.51. The Morgan fingerprint density at radius 3 is 2.71 bits per heavy atom. The Kier molecular flexibility index (Phi) is 4.40. The molecule has 0 bridgehead atoms. The molecular formula is C13H15N3O3S2. The fourth-order valence-electron chi connectivity index (χ4n) is 1.83. The predicted molar refractivity (Wildman–Crippen MR) is 82.3 cm³/mol. The van der Waals surface area contributed by atoms with Gasteiger partial charge in [-0.05, 0) is 38.1 Å². The quantitative estimate of drug-likeness (QED) is 0.811. The number of sulfonamides is 1. The molecule has 0 aliphatic heterocycles. The van der Waals surface area contributed by atoms with Crippen molar-refractivity contribution in [2.24, 2.45) is 5.73 Å². The minimum Gasteiger partial charge on any atom is -0.465 e. The molecule has 0 saturated carbocycles. The van der Waals surface area contributed by atoms with Gasteiger partial charge in [-0.3, -0.25) is 4.98 Å². The van der Waals surface area contributed by atoms with Crippen molar-refractivity contribution < 1.29 is 12.8 Å². The highest BCUT2D eigenvalue weighted by Crippen LogP contribution is 2.20. The van der Waals surface area contributed by atoms with E-state index < -0.39 is 16.1 Å². The zero-order chi connectivity index (χ0) is 15.6. The van der Waals surface area contributed by atoms with Gasteiger partial charge in [0.25, 0.3) is 0 Å². The van der Waals surface area contributed by atoms with Crippen LogP contribution in [0.25, 0.3) is 0 Å². The van der Waals surface area contributed by atoms with Gasteiger partial charge in [0, 0.05) is 6.20 Å². The van der Waals surface area contributed by atoms with E-state index in [2.05, 4.69) is 9.71 Å². The molecule has 0 amide bonds. The summed E-state index contributed by atoms with van der Waals surface area (Å²) in [5, 5.41) is 0. The van der Waals surface area contributed by atoms with Gasteiger partial charge >= 0.3 is 0 Å². The Hall–Kier alpha value is -1.77. The Morgan fingerprint density at radius 2 is 2.14 bits per heavy atom. The molecule has 2 rings (SSSR count). The van der Waals surface area contributed by atoms with E-state index in [0.29, 0.717) is 11.5 Å². The van der Waals surface area contributed by atoms with Crippen molar-refractivity contribution in [3.63, 3.8) is 0 Å². The van der Waals surface area contributed by atoms with Gasteiger partial charge in [0.15, 0.2) is 0 Å². The molecule has 0 fully saturated rings. The highest BCUT2D eigenvalue weighted by molar-refractivity contribution is 7.89. The number of aryl methyl sites for hydroxylation is 1. The van der Waals surface area contributed by atoms with Crippen LogP contribution in [0.5, 0.6) is 0 Å². The number of thiocarbonyl (C=S) groups is 1. The van der Waals surface area contributed by atoms with Crippen molar-refractivity contribution in [3.8, 4) is 0 Å². The largest absolute Gasteiger partial charge is 0.465 e. The number of nitrogens with one attached hydrogen (secondary N) is 1. The first-order chi connectivity index (χ1) is 9.81. The number of pyridine rings is 1. The standard InChI is InChI=1S/C13H15N3O3S2/c1-8-5-6-10(19-8)9(2)16-21(17,18)11-4-3-7-15-12(11)13(14)20/h3-7,9,16H,1-2H3,(H2,14,20). The summed E-state index contributed by atoms with van der Waals surface area (Å²) in [6.07, 6.45) is 1.44. The van der Waals surface area contributed by atoms with E-state index in [1.54, 1.807) is 26.0 Å². The summed E-state index contributed by atoms with van der Waals surface area (Å²) in [6, 6.07) is 5.88. The van der Waals surface area contributed by atoms with E-state index in [1.807, 2.05) is 0 Å². The average Bonchev–Trinajstić information content (AvgIpc) is 2.85. The van der Waals surface area contributed by atoms with Crippen LogP contribution < -0.4 is 10.5 Å². The Labute approximate surface area is 128 Å². The van der Waals surface area contributed by atoms with Gasteiger partial charge in [0.05, 0.1) is 6.04 Å². The second kappa shape index (κ2) is 5.92. The van der Waals surface area contributed by atoms with Gasteiger partial charge < -0.3 is 10.2 Å². The lowest BCUT2D eigenvalue weighted by Gasteiger charge is -2.13. The minimum atomic E-state index is -3.81. The maximum Gasteiger partial charge on any atom is 0.243 e. The predicted octanol–water partition coefficient (Wildman–Crippen LogP) is 1.66. The Balaban J connectivity index is 2.33. The molecule has 0 aliphatic carbocycles. The van der Waals surface area contributed by atoms with Gasteiger partial charge in [0.2, 0.25) is 10.0 Å². The molecule has 6 nitrogen and oxygen atoms in total. The molecule has 0 aliphatic rings. The van der Waals surface area contributed by atoms with Crippen molar-refractivity contribution in [2.75, 3.05) is 0 Å². The smallest absolute Gasteiger partial charge is 0.243 e. The SMILES string of the molecule is Cc1ccc(C(C)NS(=O)(=O)c2cccnc2C(N)=S)o1. The van der Waals surface area contributed by atoms with Crippen LogP contribution in [-0.2, 0) is 10.0 Å². The molecule has 3 N–H and O–H groups in total. The van der Waals surface area contributed by atoms with Crippen molar-refractivity contribution in [1.82, 2.24) is 9.71 Å². The van der Waals surface area contributed by atoms with Gasteiger partial charge in [-0.2, -0.15) is 0 Å². The zero-order valence-corrected chi connectivity index (χ0v) is 13.2. The molecule has 2 heterocycles. The summed E-state index contributed by atoms with van der Waals surface area (Å²) in [7, 11) is -3.81. The van der Waals surface area contributed by atoms with Gasteiger partial charge in [0.1, 0.15) is 27.1 Å². The van der Waals surface area contributed by atoms with E-state index in [1.165, 1.54) is 18.3 Å². The van der Waals surface area contributed by atoms with Crippen molar-refractivity contribution in [1.29, 1.82) is 0 Å². The lowest BCUT2D eigenvalue weighted by molar-refractivity contribution is 0.441. The Morgan fingerprint density at radius 1 is 1.43 bits per heavy atom. The monoisotopic (exact) mass is 325 g/mol. The number of aromatic nitrogens is 1. The van der Waals surface area contributed by atoms with E-state index in [4.69, 9.17) is 22.4 Å². The lowest BCUT2D eigenvalue weighted by Crippen LogP contribution is -2.29. The van der Waals surface area contributed by atoms with Crippen LogP contribution in [0.3, 0.4) is 0 Å². The Bertz CT molecular complexity index is 768. The van der Waals surface area contributed by atoms with Crippen LogP contribution in [0.15, 0.2) is 39.8 Å². The molecule has 1 atom stereocenters. The third kappa shape index (κ3) is 3.46. The number of hydrogen-bond donors (Lipinski definition) is 2. The molecule has 8 heteroatoms. The molecule has 0 spiro atoms. The molecule has 1 unspecified atom stereocenters. The molecule has 21 heavy (non-hydrogen) atoms. The van der Waals surface area contributed by atoms with Crippen LogP contribution in [0.2, 0.25) is 0 Å². The highest BCUT2D eigenvalue weighted by atomic mass is 32.2. The van der Waals surface area contributed by atoms with Crippen LogP contribution in [0.4, 0.5) is 0 Å². The maximum absolute atomic E-state index is 12.4. The van der Waals surface area contributed by atoms with Crippen LogP contribution in [-0.4, -0.2) is 18.4 Å². The lowest BCUT2D eigenvalue weighted by atomic mass is 10.3. The number of furan rings is 1. The summed E-state index contributed by atoms with van der Waals surface area (Å²) >= 11 is 4.83. The first-order valence-corrected chi connectivity index (χ1v) is 8.04. The van der Waals surface area contributed by atoms with Gasteiger partial charge in [-0.1, -0.05) is 12.2 Å². The maximum atomic E-state index is 12.4. The summed E-state index contributed by atoms with van der Waals surface area (Å²) in [5.74, 6) is 1.23. The summed E-state index contributed by atoms with van der Waals surface area (Å²) in [4.78, 5) is 3.80.